The van der Waals surface area contributed by atoms with Crippen LogP contribution in [0.25, 0.3) is 10.9 Å². The Morgan fingerprint density at radius 1 is 1.33 bits per heavy atom. The predicted molar refractivity (Wildman–Crippen MR) is 77.8 cm³/mol. The normalized spacial score (nSPS) is 12.1. The van der Waals surface area contributed by atoms with Gasteiger partial charge < -0.3 is 9.09 Å². The average Bonchev–Trinajstić information content (AvgIpc) is 3.04. The van der Waals surface area contributed by atoms with E-state index in [2.05, 4.69) is 10.1 Å². The molecule has 0 radical (unpaired) electrons. The summed E-state index contributed by atoms with van der Waals surface area (Å²) in [5.74, 6) is 1.04. The zero-order valence-electron chi connectivity index (χ0n) is 11.2. The van der Waals surface area contributed by atoms with Gasteiger partial charge in [-0.2, -0.15) is 4.98 Å². The van der Waals surface area contributed by atoms with E-state index in [1.165, 1.54) is 6.20 Å². The Morgan fingerprint density at radius 2 is 2.10 bits per heavy atom. The van der Waals surface area contributed by atoms with Crippen molar-refractivity contribution in [2.24, 2.45) is 0 Å². The quantitative estimate of drug-likeness (QED) is 0.689. The van der Waals surface area contributed by atoms with Crippen LogP contribution in [0.1, 0.15) is 18.6 Å². The van der Waals surface area contributed by atoms with E-state index < -0.39 is 9.05 Å². The van der Waals surface area contributed by atoms with Gasteiger partial charge in [0.05, 0.1) is 6.54 Å². The molecule has 0 aliphatic carbocycles. The third kappa shape index (κ3) is 2.66. The molecule has 0 atom stereocenters. The number of nitrogens with zero attached hydrogens (tertiary/aromatic N) is 3. The molecule has 0 spiro atoms. The van der Waals surface area contributed by atoms with Crippen molar-refractivity contribution in [3.05, 3.63) is 42.2 Å². The fourth-order valence-electron chi connectivity index (χ4n) is 2.19. The first kappa shape index (κ1) is 14.1. The van der Waals surface area contributed by atoms with Gasteiger partial charge in [-0.25, -0.2) is 8.42 Å². The molecule has 0 aliphatic heterocycles. The van der Waals surface area contributed by atoms with Crippen LogP contribution in [0.4, 0.5) is 0 Å². The lowest BCUT2D eigenvalue weighted by molar-refractivity contribution is 0.375. The first-order valence-corrected chi connectivity index (χ1v) is 8.64. The molecular weight excluding hydrogens is 314 g/mol. The molecule has 21 heavy (non-hydrogen) atoms. The van der Waals surface area contributed by atoms with Crippen LogP contribution in [0, 0.1) is 0 Å². The van der Waals surface area contributed by atoms with E-state index in [1.54, 1.807) is 16.7 Å². The Hall–Kier alpha value is -1.86. The molecule has 0 amide bonds. The number of para-hydroxylation sites is 1. The molecular formula is C13H12ClN3O3S. The summed E-state index contributed by atoms with van der Waals surface area (Å²) in [7, 11) is 1.68. The van der Waals surface area contributed by atoms with Gasteiger partial charge in [0.2, 0.25) is 5.89 Å². The Morgan fingerprint density at radius 3 is 2.76 bits per heavy atom. The van der Waals surface area contributed by atoms with Crippen molar-refractivity contribution in [2.45, 2.75) is 24.8 Å². The third-order valence-electron chi connectivity index (χ3n) is 3.14. The summed E-state index contributed by atoms with van der Waals surface area (Å²) in [4.78, 5) is 4.30. The summed E-state index contributed by atoms with van der Waals surface area (Å²) < 4.78 is 30.1. The maximum atomic E-state index is 11.7. The maximum absolute atomic E-state index is 11.7. The number of benzene rings is 1. The van der Waals surface area contributed by atoms with Gasteiger partial charge in [-0.3, -0.25) is 0 Å². The fraction of sp³-hybridized carbons (Fsp3) is 0.231. The van der Waals surface area contributed by atoms with E-state index in [0.29, 0.717) is 30.1 Å². The molecule has 110 valence electrons. The lowest BCUT2D eigenvalue weighted by Crippen LogP contribution is -2.00. The molecule has 0 N–H and O–H groups in total. The summed E-state index contributed by atoms with van der Waals surface area (Å²) in [6.07, 6.45) is 2.15. The van der Waals surface area contributed by atoms with E-state index in [1.807, 2.05) is 19.1 Å². The molecule has 0 fully saturated rings. The second kappa shape index (κ2) is 5.16. The van der Waals surface area contributed by atoms with Crippen LogP contribution in [0.5, 0.6) is 0 Å². The minimum atomic E-state index is -3.81. The van der Waals surface area contributed by atoms with Crippen LogP contribution < -0.4 is 0 Å². The molecule has 0 aliphatic rings. The monoisotopic (exact) mass is 325 g/mol. The highest BCUT2D eigenvalue weighted by Crippen LogP contribution is 2.28. The highest BCUT2D eigenvalue weighted by atomic mass is 35.7. The molecule has 3 aromatic rings. The molecule has 0 bridgehead atoms. The summed E-state index contributed by atoms with van der Waals surface area (Å²) in [5.41, 5.74) is 0.750. The van der Waals surface area contributed by atoms with Crippen LogP contribution in [-0.2, 0) is 22.0 Å². The van der Waals surface area contributed by atoms with E-state index in [4.69, 9.17) is 15.2 Å². The molecule has 0 saturated heterocycles. The number of aromatic nitrogens is 3. The Labute approximate surface area is 125 Å². The average molecular weight is 326 g/mol. The van der Waals surface area contributed by atoms with Crippen LogP contribution in [-0.4, -0.2) is 23.1 Å². The van der Waals surface area contributed by atoms with Crippen LogP contribution >= 0.6 is 10.7 Å². The van der Waals surface area contributed by atoms with Gasteiger partial charge in [0, 0.05) is 34.2 Å². The number of hydrogen-bond acceptors (Lipinski definition) is 5. The van der Waals surface area contributed by atoms with Crippen molar-refractivity contribution < 1.29 is 12.9 Å². The van der Waals surface area contributed by atoms with Gasteiger partial charge in [-0.05, 0) is 6.07 Å². The predicted octanol–water partition coefficient (Wildman–Crippen LogP) is 2.56. The van der Waals surface area contributed by atoms with Crippen molar-refractivity contribution in [1.82, 2.24) is 14.7 Å². The van der Waals surface area contributed by atoms with Gasteiger partial charge in [0.1, 0.15) is 4.90 Å². The third-order valence-corrected chi connectivity index (χ3v) is 4.49. The summed E-state index contributed by atoms with van der Waals surface area (Å²) in [6, 6.07) is 7.13. The second-order valence-corrected chi connectivity index (χ2v) is 7.07. The van der Waals surface area contributed by atoms with Crippen LogP contribution in [0.2, 0.25) is 0 Å². The van der Waals surface area contributed by atoms with E-state index >= 15 is 0 Å². The summed E-state index contributed by atoms with van der Waals surface area (Å²) in [5, 5.41) is 4.45. The molecule has 0 unspecified atom stereocenters. The number of hydrogen-bond donors (Lipinski definition) is 0. The number of fused-ring (bicyclic) bond motifs is 1. The molecule has 8 heteroatoms. The summed E-state index contributed by atoms with van der Waals surface area (Å²) >= 11 is 0. The number of rotatable bonds is 4. The van der Waals surface area contributed by atoms with Crippen molar-refractivity contribution in [3.8, 4) is 0 Å². The van der Waals surface area contributed by atoms with Crippen molar-refractivity contribution >= 4 is 30.6 Å². The standard InChI is InChI=1S/C13H12ClN3O3S/c1-2-13-15-12(16-20-13)8-17-7-11(21(14,18)19)9-5-3-4-6-10(9)17/h3-7H,2,8H2,1H3. The van der Waals surface area contributed by atoms with Crippen molar-refractivity contribution in [3.63, 3.8) is 0 Å². The van der Waals surface area contributed by atoms with Crippen molar-refractivity contribution in [2.75, 3.05) is 0 Å². The maximum Gasteiger partial charge on any atom is 0.263 e. The van der Waals surface area contributed by atoms with Crippen LogP contribution in [0.3, 0.4) is 0 Å². The molecule has 2 heterocycles. The molecule has 6 nitrogen and oxygen atoms in total. The minimum absolute atomic E-state index is 0.0824. The number of halogens is 1. The highest BCUT2D eigenvalue weighted by Gasteiger charge is 2.19. The zero-order valence-corrected chi connectivity index (χ0v) is 12.7. The van der Waals surface area contributed by atoms with E-state index in [0.717, 1.165) is 5.52 Å². The second-order valence-electron chi connectivity index (χ2n) is 4.53. The first-order chi connectivity index (χ1) is 9.99. The van der Waals surface area contributed by atoms with Gasteiger partial charge in [0.25, 0.3) is 9.05 Å². The van der Waals surface area contributed by atoms with Gasteiger partial charge in [-0.15, -0.1) is 0 Å². The lowest BCUT2D eigenvalue weighted by atomic mass is 10.2. The smallest absolute Gasteiger partial charge is 0.263 e. The van der Waals surface area contributed by atoms with E-state index in [-0.39, 0.29) is 4.90 Å². The Kier molecular flexibility index (Phi) is 3.46. The number of aryl methyl sites for hydroxylation is 1. The van der Waals surface area contributed by atoms with E-state index in [9.17, 15) is 8.42 Å². The largest absolute Gasteiger partial charge is 0.339 e. The summed E-state index contributed by atoms with van der Waals surface area (Å²) in [6.45, 7) is 2.23. The topological polar surface area (TPSA) is 78.0 Å². The van der Waals surface area contributed by atoms with Gasteiger partial charge >= 0.3 is 0 Å². The Balaban J connectivity index is 2.10. The molecule has 1 aromatic carbocycles. The molecule has 2 aromatic heterocycles. The van der Waals surface area contributed by atoms with Crippen molar-refractivity contribution in [1.29, 1.82) is 0 Å². The molecule has 3 rings (SSSR count). The Bertz CT molecular complexity index is 898. The first-order valence-electron chi connectivity index (χ1n) is 6.33. The van der Waals surface area contributed by atoms with Gasteiger partial charge in [0.15, 0.2) is 5.82 Å². The lowest BCUT2D eigenvalue weighted by Gasteiger charge is -2.00. The highest BCUT2D eigenvalue weighted by molar-refractivity contribution is 8.14. The van der Waals surface area contributed by atoms with Crippen LogP contribution in [0.15, 0.2) is 39.9 Å². The molecule has 0 saturated carbocycles. The SMILES string of the molecule is CCc1nc(Cn2cc(S(=O)(=O)Cl)c3ccccc32)no1. The van der Waals surface area contributed by atoms with Gasteiger partial charge in [-0.1, -0.05) is 30.3 Å². The minimum Gasteiger partial charge on any atom is -0.339 e. The fourth-order valence-corrected chi connectivity index (χ4v) is 3.25. The zero-order chi connectivity index (χ0) is 15.0.